The lowest BCUT2D eigenvalue weighted by Crippen LogP contribution is -2.41. The number of urea groups is 1. The highest BCUT2D eigenvalue weighted by atomic mass is 16.5. The SMILES string of the molecule is CNC(=O)NC(=O)C(OC(=O)c1ccccc1C)c1ccccc1. The Labute approximate surface area is 139 Å². The van der Waals surface area contributed by atoms with Crippen LogP contribution in [0.2, 0.25) is 0 Å². The second-order valence-electron chi connectivity index (χ2n) is 5.08. The molecule has 2 aromatic carbocycles. The number of hydrogen-bond donors (Lipinski definition) is 2. The largest absolute Gasteiger partial charge is 0.444 e. The normalized spacial score (nSPS) is 11.2. The minimum absolute atomic E-state index is 0.367. The fourth-order valence-electron chi connectivity index (χ4n) is 2.11. The van der Waals surface area contributed by atoms with Gasteiger partial charge in [0.25, 0.3) is 5.91 Å². The van der Waals surface area contributed by atoms with Crippen LogP contribution in [0.5, 0.6) is 0 Å². The summed E-state index contributed by atoms with van der Waals surface area (Å²) < 4.78 is 5.38. The van der Waals surface area contributed by atoms with E-state index in [-0.39, 0.29) is 0 Å². The summed E-state index contributed by atoms with van der Waals surface area (Å²) in [5.74, 6) is -1.35. The zero-order valence-electron chi connectivity index (χ0n) is 13.4. The average Bonchev–Trinajstić information content (AvgIpc) is 2.60. The van der Waals surface area contributed by atoms with Crippen molar-refractivity contribution in [2.75, 3.05) is 7.05 Å². The highest BCUT2D eigenvalue weighted by Gasteiger charge is 2.27. The van der Waals surface area contributed by atoms with E-state index in [4.69, 9.17) is 4.74 Å². The van der Waals surface area contributed by atoms with Crippen LogP contribution < -0.4 is 10.6 Å². The summed E-state index contributed by atoms with van der Waals surface area (Å²) in [7, 11) is 1.39. The smallest absolute Gasteiger partial charge is 0.339 e. The van der Waals surface area contributed by atoms with Crippen molar-refractivity contribution in [3.05, 3.63) is 71.3 Å². The number of carbonyl (C=O) groups excluding carboxylic acids is 3. The molecule has 24 heavy (non-hydrogen) atoms. The maximum Gasteiger partial charge on any atom is 0.339 e. The molecule has 0 fully saturated rings. The number of esters is 1. The van der Waals surface area contributed by atoms with Crippen LogP contribution in [0, 0.1) is 6.92 Å². The Morgan fingerprint density at radius 1 is 0.958 bits per heavy atom. The van der Waals surface area contributed by atoms with E-state index in [0.717, 1.165) is 5.56 Å². The van der Waals surface area contributed by atoms with Crippen LogP contribution in [0.1, 0.15) is 27.6 Å². The Morgan fingerprint density at radius 3 is 2.21 bits per heavy atom. The summed E-state index contributed by atoms with van der Waals surface area (Å²) in [6, 6.07) is 14.8. The standard InChI is InChI=1S/C18H18N2O4/c1-12-8-6-7-11-14(12)17(22)24-15(13-9-4-3-5-10-13)16(21)20-18(23)19-2/h3-11,15H,1-2H3,(H2,19,20,21,23). The molecule has 0 spiro atoms. The third kappa shape index (κ3) is 4.19. The molecule has 0 heterocycles. The van der Waals surface area contributed by atoms with E-state index in [1.165, 1.54) is 7.05 Å². The Balaban J connectivity index is 2.26. The van der Waals surface area contributed by atoms with Crippen molar-refractivity contribution >= 4 is 17.9 Å². The molecule has 2 aromatic rings. The Kier molecular flexibility index (Phi) is 5.68. The van der Waals surface area contributed by atoms with Gasteiger partial charge in [-0.25, -0.2) is 9.59 Å². The zero-order chi connectivity index (χ0) is 17.5. The van der Waals surface area contributed by atoms with Gasteiger partial charge in [-0.3, -0.25) is 10.1 Å². The lowest BCUT2D eigenvalue weighted by atomic mass is 10.1. The van der Waals surface area contributed by atoms with Gasteiger partial charge in [-0.15, -0.1) is 0 Å². The summed E-state index contributed by atoms with van der Waals surface area (Å²) in [5, 5.41) is 4.42. The first kappa shape index (κ1) is 17.2. The maximum absolute atomic E-state index is 12.4. The number of aryl methyl sites for hydroxylation is 1. The molecule has 0 radical (unpaired) electrons. The first-order valence-corrected chi connectivity index (χ1v) is 7.37. The van der Waals surface area contributed by atoms with E-state index >= 15 is 0 Å². The van der Waals surface area contributed by atoms with Gasteiger partial charge < -0.3 is 10.1 Å². The molecule has 0 bridgehead atoms. The quantitative estimate of drug-likeness (QED) is 0.845. The fraction of sp³-hybridized carbons (Fsp3) is 0.167. The minimum Gasteiger partial charge on any atom is -0.444 e. The Bertz CT molecular complexity index is 744. The van der Waals surface area contributed by atoms with Crippen molar-refractivity contribution in [3.8, 4) is 0 Å². The van der Waals surface area contributed by atoms with Gasteiger partial charge in [0.05, 0.1) is 5.56 Å². The van der Waals surface area contributed by atoms with Crippen LogP contribution in [-0.4, -0.2) is 25.0 Å². The van der Waals surface area contributed by atoms with E-state index in [1.54, 1.807) is 61.5 Å². The molecule has 0 saturated carbocycles. The molecule has 3 amide bonds. The summed E-state index contributed by atoms with van der Waals surface area (Å²) in [6.07, 6.45) is -1.23. The number of carbonyl (C=O) groups is 3. The zero-order valence-corrected chi connectivity index (χ0v) is 13.4. The summed E-state index contributed by atoms with van der Waals surface area (Å²) in [6.45, 7) is 1.78. The number of rotatable bonds is 4. The fourth-order valence-corrected chi connectivity index (χ4v) is 2.11. The number of ether oxygens (including phenoxy) is 1. The van der Waals surface area contributed by atoms with Gasteiger partial charge in [0.2, 0.25) is 6.10 Å². The van der Waals surface area contributed by atoms with Crippen molar-refractivity contribution in [3.63, 3.8) is 0 Å². The molecule has 0 aliphatic carbocycles. The number of amides is 3. The van der Waals surface area contributed by atoms with Crippen LogP contribution in [0.4, 0.5) is 4.79 Å². The number of imide groups is 1. The highest BCUT2D eigenvalue weighted by molar-refractivity contribution is 5.99. The predicted octanol–water partition coefficient (Wildman–Crippen LogP) is 2.35. The van der Waals surface area contributed by atoms with Crippen molar-refractivity contribution < 1.29 is 19.1 Å². The molecule has 0 saturated heterocycles. The lowest BCUT2D eigenvalue weighted by molar-refractivity contribution is -0.129. The third-order valence-corrected chi connectivity index (χ3v) is 3.39. The van der Waals surface area contributed by atoms with Crippen molar-refractivity contribution in [1.29, 1.82) is 0 Å². The summed E-state index contributed by atoms with van der Waals surface area (Å²) in [4.78, 5) is 36.1. The van der Waals surface area contributed by atoms with Crippen molar-refractivity contribution in [1.82, 2.24) is 10.6 Å². The molecule has 1 atom stereocenters. The molecule has 2 N–H and O–H groups in total. The molecular formula is C18H18N2O4. The van der Waals surface area contributed by atoms with Crippen LogP contribution in [0.25, 0.3) is 0 Å². The first-order chi connectivity index (χ1) is 11.5. The molecule has 0 aliphatic heterocycles. The second kappa shape index (κ2) is 7.92. The third-order valence-electron chi connectivity index (χ3n) is 3.39. The topological polar surface area (TPSA) is 84.5 Å². The predicted molar refractivity (Wildman–Crippen MR) is 88.4 cm³/mol. The van der Waals surface area contributed by atoms with Gasteiger partial charge in [0, 0.05) is 12.6 Å². The van der Waals surface area contributed by atoms with E-state index in [9.17, 15) is 14.4 Å². The van der Waals surface area contributed by atoms with E-state index < -0.39 is 24.0 Å². The van der Waals surface area contributed by atoms with Gasteiger partial charge in [0.15, 0.2) is 0 Å². The van der Waals surface area contributed by atoms with E-state index in [0.29, 0.717) is 11.1 Å². The van der Waals surface area contributed by atoms with Gasteiger partial charge in [-0.05, 0) is 18.6 Å². The molecule has 6 nitrogen and oxygen atoms in total. The van der Waals surface area contributed by atoms with Crippen molar-refractivity contribution in [2.45, 2.75) is 13.0 Å². The van der Waals surface area contributed by atoms with Gasteiger partial charge in [-0.2, -0.15) is 0 Å². The van der Waals surface area contributed by atoms with Gasteiger partial charge in [0.1, 0.15) is 0 Å². The highest BCUT2D eigenvalue weighted by Crippen LogP contribution is 2.20. The summed E-state index contributed by atoms with van der Waals surface area (Å²) >= 11 is 0. The monoisotopic (exact) mass is 326 g/mol. The Morgan fingerprint density at radius 2 is 1.58 bits per heavy atom. The molecular weight excluding hydrogens is 308 g/mol. The van der Waals surface area contributed by atoms with Gasteiger partial charge in [-0.1, -0.05) is 48.5 Å². The summed E-state index contributed by atoms with van der Waals surface area (Å²) in [5.41, 5.74) is 1.58. The second-order valence-corrected chi connectivity index (χ2v) is 5.08. The lowest BCUT2D eigenvalue weighted by Gasteiger charge is -2.18. The molecule has 1 unspecified atom stereocenters. The number of hydrogen-bond acceptors (Lipinski definition) is 4. The van der Waals surface area contributed by atoms with Crippen LogP contribution in [-0.2, 0) is 9.53 Å². The average molecular weight is 326 g/mol. The minimum atomic E-state index is -1.23. The molecule has 124 valence electrons. The van der Waals surface area contributed by atoms with Crippen LogP contribution >= 0.6 is 0 Å². The Hall–Kier alpha value is -3.15. The van der Waals surface area contributed by atoms with Gasteiger partial charge >= 0.3 is 12.0 Å². The molecule has 0 aliphatic rings. The molecule has 6 heteroatoms. The van der Waals surface area contributed by atoms with Crippen LogP contribution in [0.3, 0.4) is 0 Å². The van der Waals surface area contributed by atoms with E-state index in [1.807, 2.05) is 0 Å². The molecule has 0 aromatic heterocycles. The maximum atomic E-state index is 12.4. The van der Waals surface area contributed by atoms with Crippen LogP contribution in [0.15, 0.2) is 54.6 Å². The molecule has 2 rings (SSSR count). The first-order valence-electron chi connectivity index (χ1n) is 7.37. The number of nitrogens with one attached hydrogen (secondary N) is 2. The van der Waals surface area contributed by atoms with E-state index in [2.05, 4.69) is 10.6 Å². The van der Waals surface area contributed by atoms with Crippen molar-refractivity contribution in [2.24, 2.45) is 0 Å². The number of benzene rings is 2.